The van der Waals surface area contributed by atoms with Gasteiger partial charge in [-0.1, -0.05) is 36.9 Å². The van der Waals surface area contributed by atoms with Crippen LogP contribution in [0.3, 0.4) is 0 Å². The third kappa shape index (κ3) is 4.26. The Kier molecular flexibility index (Phi) is 6.05. The minimum atomic E-state index is 0.129. The zero-order valence-corrected chi connectivity index (χ0v) is 20.5. The van der Waals surface area contributed by atoms with Gasteiger partial charge in [-0.05, 0) is 36.9 Å². The Bertz CT molecular complexity index is 1240. The van der Waals surface area contributed by atoms with Gasteiger partial charge in [0.2, 0.25) is 5.91 Å². The molecule has 0 saturated carbocycles. The molecule has 158 valence electrons. The second-order valence-corrected chi connectivity index (χ2v) is 11.7. The van der Waals surface area contributed by atoms with Gasteiger partial charge >= 0.3 is 0 Å². The van der Waals surface area contributed by atoms with Gasteiger partial charge < -0.3 is 4.90 Å². The fraction of sp³-hybridized carbons (Fsp3) is 0.261. The molecular weight excluding hydrogens is 463 g/mol. The minimum Gasteiger partial charge on any atom is -0.311 e. The average Bonchev–Trinajstić information content (AvgIpc) is 3.39. The van der Waals surface area contributed by atoms with Crippen LogP contribution in [0.2, 0.25) is 0 Å². The maximum absolute atomic E-state index is 13.3. The lowest BCUT2D eigenvalue weighted by molar-refractivity contribution is -0.116. The van der Waals surface area contributed by atoms with Crippen molar-refractivity contribution >= 4 is 68.0 Å². The first-order valence-electron chi connectivity index (χ1n) is 10.1. The lowest BCUT2D eigenvalue weighted by Gasteiger charge is -2.22. The molecule has 8 heteroatoms. The number of rotatable bonds is 4. The van der Waals surface area contributed by atoms with E-state index in [1.807, 2.05) is 35.7 Å². The van der Waals surface area contributed by atoms with Gasteiger partial charge in [0.15, 0.2) is 0 Å². The number of fused-ring (bicyclic) bond motifs is 2. The zero-order valence-electron chi connectivity index (χ0n) is 17.2. The SMILES string of the molecule is Cc1nc(SCC(=O)N2CC[C@@H](C)Sc3ccccc32)c2c(-c3cccs3)csc2n1. The Hall–Kier alpha value is -1.87. The largest absolute Gasteiger partial charge is 0.311 e. The predicted octanol–water partition coefficient (Wildman–Crippen LogP) is 6.74. The molecule has 0 unspecified atom stereocenters. The number of amides is 1. The number of para-hydroxylation sites is 1. The van der Waals surface area contributed by atoms with Gasteiger partial charge in [0, 0.05) is 32.5 Å². The van der Waals surface area contributed by atoms with Crippen LogP contribution in [0.5, 0.6) is 0 Å². The summed E-state index contributed by atoms with van der Waals surface area (Å²) >= 11 is 6.74. The van der Waals surface area contributed by atoms with Crippen LogP contribution in [0, 0.1) is 6.92 Å². The molecule has 1 aliphatic heterocycles. The molecule has 0 fully saturated rings. The first-order valence-corrected chi connectivity index (χ1v) is 13.7. The molecule has 4 aromatic rings. The highest BCUT2D eigenvalue weighted by atomic mass is 32.2. The van der Waals surface area contributed by atoms with Crippen LogP contribution >= 0.6 is 46.2 Å². The summed E-state index contributed by atoms with van der Waals surface area (Å²) < 4.78 is 0. The van der Waals surface area contributed by atoms with E-state index in [0.29, 0.717) is 11.0 Å². The van der Waals surface area contributed by atoms with Crippen molar-refractivity contribution in [2.45, 2.75) is 35.4 Å². The van der Waals surface area contributed by atoms with E-state index >= 15 is 0 Å². The number of hydrogen-bond acceptors (Lipinski definition) is 7. The number of hydrogen-bond donors (Lipinski definition) is 0. The van der Waals surface area contributed by atoms with E-state index in [9.17, 15) is 4.79 Å². The molecule has 0 spiro atoms. The minimum absolute atomic E-state index is 0.129. The van der Waals surface area contributed by atoms with Crippen LogP contribution in [0.4, 0.5) is 5.69 Å². The van der Waals surface area contributed by atoms with E-state index in [1.165, 1.54) is 21.5 Å². The lowest BCUT2D eigenvalue weighted by Crippen LogP contribution is -2.33. The van der Waals surface area contributed by atoms with Crippen molar-refractivity contribution in [1.29, 1.82) is 0 Å². The van der Waals surface area contributed by atoms with E-state index in [-0.39, 0.29) is 5.91 Å². The Morgan fingerprint density at radius 2 is 2.06 bits per heavy atom. The lowest BCUT2D eigenvalue weighted by atomic mass is 10.2. The molecular formula is C23H21N3OS4. The summed E-state index contributed by atoms with van der Waals surface area (Å²) in [7, 11) is 0. The molecule has 5 rings (SSSR count). The summed E-state index contributed by atoms with van der Waals surface area (Å²) in [5, 5.41) is 6.69. The predicted molar refractivity (Wildman–Crippen MR) is 135 cm³/mol. The molecule has 4 nitrogen and oxygen atoms in total. The van der Waals surface area contributed by atoms with E-state index in [4.69, 9.17) is 4.98 Å². The van der Waals surface area contributed by atoms with Crippen molar-refractivity contribution in [2.24, 2.45) is 0 Å². The molecule has 0 bridgehead atoms. The highest BCUT2D eigenvalue weighted by Gasteiger charge is 2.25. The summed E-state index contributed by atoms with van der Waals surface area (Å²) in [6, 6.07) is 12.4. The number of anilines is 1. The Labute approximate surface area is 198 Å². The van der Waals surface area contributed by atoms with Gasteiger partial charge in [-0.2, -0.15) is 0 Å². The van der Waals surface area contributed by atoms with Crippen molar-refractivity contribution in [1.82, 2.24) is 9.97 Å². The third-order valence-corrected chi connectivity index (χ3v) is 9.15. The molecule has 3 aromatic heterocycles. The molecule has 1 amide bonds. The molecule has 1 atom stereocenters. The zero-order chi connectivity index (χ0) is 21.4. The van der Waals surface area contributed by atoms with Gasteiger partial charge in [-0.15, -0.1) is 34.4 Å². The topological polar surface area (TPSA) is 46.1 Å². The molecule has 1 aromatic carbocycles. The molecule has 4 heterocycles. The summed E-state index contributed by atoms with van der Waals surface area (Å²) in [6.07, 6.45) is 0.986. The number of aryl methyl sites for hydroxylation is 1. The molecule has 0 radical (unpaired) electrons. The number of benzene rings is 1. The van der Waals surface area contributed by atoms with Crippen LogP contribution in [0.25, 0.3) is 20.7 Å². The molecule has 1 aliphatic rings. The number of thiophene rings is 2. The smallest absolute Gasteiger partial charge is 0.237 e. The maximum Gasteiger partial charge on any atom is 0.237 e. The van der Waals surface area contributed by atoms with Crippen molar-refractivity contribution in [3.8, 4) is 10.4 Å². The van der Waals surface area contributed by atoms with Gasteiger partial charge in [-0.3, -0.25) is 4.79 Å². The quantitative estimate of drug-likeness (QED) is 0.238. The van der Waals surface area contributed by atoms with E-state index in [1.54, 1.807) is 22.7 Å². The number of thioether (sulfide) groups is 2. The van der Waals surface area contributed by atoms with Gasteiger partial charge in [-0.25, -0.2) is 9.97 Å². The number of carbonyl (C=O) groups is 1. The average molecular weight is 484 g/mol. The van der Waals surface area contributed by atoms with E-state index in [0.717, 1.165) is 45.3 Å². The van der Waals surface area contributed by atoms with E-state index in [2.05, 4.69) is 46.9 Å². The first-order chi connectivity index (χ1) is 15.1. The molecule has 0 saturated heterocycles. The van der Waals surface area contributed by atoms with Gasteiger partial charge in [0.05, 0.1) is 16.8 Å². The molecule has 31 heavy (non-hydrogen) atoms. The molecule has 0 aliphatic carbocycles. The Morgan fingerprint density at radius 1 is 1.19 bits per heavy atom. The number of carbonyl (C=O) groups excluding carboxylic acids is 1. The maximum atomic E-state index is 13.3. The van der Waals surface area contributed by atoms with Gasteiger partial charge in [0.25, 0.3) is 0 Å². The number of nitrogens with zero attached hydrogens (tertiary/aromatic N) is 3. The second kappa shape index (κ2) is 8.94. The Balaban J connectivity index is 1.44. The standard InChI is InChI=1S/C23H21N3OS4/c1-14-9-10-26(17-6-3-4-7-19(17)31-14)20(27)13-30-23-21-16(18-8-5-11-28-18)12-29-22(21)24-15(2)25-23/h3-8,11-12,14H,9-10,13H2,1-2H3/t14-/m1/s1. The number of aromatic nitrogens is 2. The second-order valence-electron chi connectivity index (χ2n) is 7.40. The van der Waals surface area contributed by atoms with Crippen LogP contribution in [0.15, 0.2) is 57.1 Å². The van der Waals surface area contributed by atoms with Crippen molar-refractivity contribution < 1.29 is 4.79 Å². The normalized spacial score (nSPS) is 16.3. The highest BCUT2D eigenvalue weighted by molar-refractivity contribution is 8.00. The Morgan fingerprint density at radius 3 is 2.90 bits per heavy atom. The van der Waals surface area contributed by atoms with Crippen molar-refractivity contribution in [3.63, 3.8) is 0 Å². The fourth-order valence-electron chi connectivity index (χ4n) is 3.68. The fourth-order valence-corrected chi connectivity index (χ4v) is 7.63. The summed E-state index contributed by atoms with van der Waals surface area (Å²) in [5.74, 6) is 1.23. The van der Waals surface area contributed by atoms with Crippen molar-refractivity contribution in [2.75, 3.05) is 17.2 Å². The van der Waals surface area contributed by atoms with Crippen LogP contribution in [-0.2, 0) is 4.79 Å². The third-order valence-electron chi connectivity index (χ3n) is 5.18. The van der Waals surface area contributed by atoms with Crippen molar-refractivity contribution in [3.05, 3.63) is 53.0 Å². The van der Waals surface area contributed by atoms with Crippen LogP contribution < -0.4 is 4.90 Å². The van der Waals surface area contributed by atoms with E-state index < -0.39 is 0 Å². The summed E-state index contributed by atoms with van der Waals surface area (Å²) in [6.45, 7) is 4.90. The van der Waals surface area contributed by atoms with Gasteiger partial charge in [0.1, 0.15) is 15.7 Å². The summed E-state index contributed by atoms with van der Waals surface area (Å²) in [4.78, 5) is 28.0. The highest BCUT2D eigenvalue weighted by Crippen LogP contribution is 2.41. The van der Waals surface area contributed by atoms with Crippen LogP contribution in [-0.4, -0.2) is 33.4 Å². The van der Waals surface area contributed by atoms with Crippen LogP contribution in [0.1, 0.15) is 19.2 Å². The first kappa shape index (κ1) is 21.0. The summed E-state index contributed by atoms with van der Waals surface area (Å²) in [5.41, 5.74) is 2.19. The monoisotopic (exact) mass is 483 g/mol. The molecule has 0 N–H and O–H groups in total.